The van der Waals surface area contributed by atoms with Gasteiger partial charge in [0.25, 0.3) is 26.0 Å². The van der Waals surface area contributed by atoms with Gasteiger partial charge in [0.05, 0.1) is 21.0 Å². The Bertz CT molecular complexity index is 1550. The largest absolute Gasteiger partial charge is 0.339 e. The number of anilines is 2. The van der Waals surface area contributed by atoms with Crippen molar-refractivity contribution in [2.75, 3.05) is 28.8 Å². The number of hydrogen-bond acceptors (Lipinski definition) is 6. The molecule has 0 spiro atoms. The second kappa shape index (κ2) is 11.4. The highest BCUT2D eigenvalue weighted by Gasteiger charge is 2.24. The van der Waals surface area contributed by atoms with E-state index in [1.807, 2.05) is 32.2 Å². The lowest BCUT2D eigenvalue weighted by molar-refractivity contribution is 0.0720. The van der Waals surface area contributed by atoms with Crippen molar-refractivity contribution in [1.82, 2.24) is 4.90 Å². The molecule has 1 fully saturated rings. The number of carbonyl (C=O) groups excluding carboxylic acids is 1. The van der Waals surface area contributed by atoms with Crippen LogP contribution in [0.25, 0.3) is 0 Å². The second-order valence-corrected chi connectivity index (χ2v) is 13.5. The van der Waals surface area contributed by atoms with Crippen LogP contribution >= 0.6 is 11.8 Å². The predicted molar refractivity (Wildman–Crippen MR) is 152 cm³/mol. The first-order valence-electron chi connectivity index (χ1n) is 12.2. The molecule has 1 aliphatic rings. The minimum Gasteiger partial charge on any atom is -0.339 e. The van der Waals surface area contributed by atoms with E-state index in [0.29, 0.717) is 29.2 Å². The van der Waals surface area contributed by atoms with Gasteiger partial charge in [0.1, 0.15) is 0 Å². The third-order valence-electron chi connectivity index (χ3n) is 6.41. The highest BCUT2D eigenvalue weighted by Crippen LogP contribution is 2.28. The number of carbonyl (C=O) groups is 1. The molecule has 0 radical (unpaired) electrons. The molecule has 1 aliphatic heterocycles. The molecule has 3 aromatic carbocycles. The summed E-state index contributed by atoms with van der Waals surface area (Å²) in [5.41, 5.74) is 2.76. The van der Waals surface area contributed by atoms with Crippen molar-refractivity contribution in [3.63, 3.8) is 0 Å². The number of likely N-dealkylation sites (tertiary alicyclic amines) is 1. The zero-order chi connectivity index (χ0) is 27.5. The number of amides is 1. The summed E-state index contributed by atoms with van der Waals surface area (Å²) in [6.45, 7) is 5.01. The van der Waals surface area contributed by atoms with E-state index < -0.39 is 20.0 Å². The van der Waals surface area contributed by atoms with Crippen molar-refractivity contribution < 1.29 is 21.6 Å². The quantitative estimate of drug-likeness (QED) is 0.356. The van der Waals surface area contributed by atoms with Crippen LogP contribution in [0, 0.1) is 13.8 Å². The van der Waals surface area contributed by atoms with E-state index in [1.165, 1.54) is 48.2 Å². The van der Waals surface area contributed by atoms with Crippen LogP contribution in [-0.4, -0.2) is 47.0 Å². The summed E-state index contributed by atoms with van der Waals surface area (Å²) in [7, 11) is -7.90. The van der Waals surface area contributed by atoms with Crippen molar-refractivity contribution in [2.45, 2.75) is 47.8 Å². The van der Waals surface area contributed by atoms with E-state index in [2.05, 4.69) is 9.44 Å². The number of nitrogens with zero attached hydrogens (tertiary/aromatic N) is 1. The van der Waals surface area contributed by atoms with Crippen molar-refractivity contribution in [2.24, 2.45) is 0 Å². The molecule has 8 nitrogen and oxygen atoms in total. The summed E-state index contributed by atoms with van der Waals surface area (Å²) < 4.78 is 57.2. The van der Waals surface area contributed by atoms with Crippen LogP contribution in [-0.2, 0) is 20.0 Å². The molecule has 0 aliphatic carbocycles. The van der Waals surface area contributed by atoms with E-state index in [0.717, 1.165) is 30.4 Å². The Balaban J connectivity index is 1.54. The van der Waals surface area contributed by atoms with Crippen LogP contribution in [0.3, 0.4) is 0 Å². The molecule has 0 saturated carbocycles. The van der Waals surface area contributed by atoms with Gasteiger partial charge < -0.3 is 4.90 Å². The minimum absolute atomic E-state index is 0.0000852. The van der Waals surface area contributed by atoms with E-state index in [9.17, 15) is 21.6 Å². The Hall–Kier alpha value is -3.02. The normalized spacial score (nSPS) is 14.2. The van der Waals surface area contributed by atoms with Crippen LogP contribution in [0.1, 0.15) is 40.7 Å². The average molecular weight is 574 g/mol. The first-order valence-corrected chi connectivity index (χ1v) is 16.4. The van der Waals surface area contributed by atoms with Gasteiger partial charge in [-0.05, 0) is 99.0 Å². The molecule has 0 atom stereocenters. The molecule has 1 saturated heterocycles. The molecular formula is C27H31N3O5S3. The van der Waals surface area contributed by atoms with Gasteiger partial charge >= 0.3 is 0 Å². The van der Waals surface area contributed by atoms with Gasteiger partial charge in [-0.25, -0.2) is 16.8 Å². The summed E-state index contributed by atoms with van der Waals surface area (Å²) in [5.74, 6) is -0.169. The lowest BCUT2D eigenvalue weighted by atomic mass is 10.1. The maximum Gasteiger partial charge on any atom is 0.261 e. The zero-order valence-corrected chi connectivity index (χ0v) is 24.0. The molecule has 4 rings (SSSR count). The van der Waals surface area contributed by atoms with E-state index in [4.69, 9.17) is 0 Å². The predicted octanol–water partition coefficient (Wildman–Crippen LogP) is 5.25. The Morgan fingerprint density at radius 3 is 2.08 bits per heavy atom. The third-order valence-corrected chi connectivity index (χ3v) is 9.97. The SMILES string of the molecule is CSc1ccc(S(=O)(=O)Nc2ccc(S(=O)(=O)Nc3cc(C)ccc3C)cc2)cc1C(=O)N1CCCCC1. The fraction of sp³-hybridized carbons (Fsp3) is 0.296. The summed E-state index contributed by atoms with van der Waals surface area (Å²) in [6, 6.07) is 15.5. The van der Waals surface area contributed by atoms with Crippen molar-refractivity contribution in [1.29, 1.82) is 0 Å². The monoisotopic (exact) mass is 573 g/mol. The number of aryl methyl sites for hydroxylation is 2. The Labute approximate surface area is 228 Å². The Morgan fingerprint density at radius 1 is 0.789 bits per heavy atom. The smallest absolute Gasteiger partial charge is 0.261 e. The highest BCUT2D eigenvalue weighted by molar-refractivity contribution is 7.98. The summed E-state index contributed by atoms with van der Waals surface area (Å²) in [6.07, 6.45) is 4.80. The molecule has 38 heavy (non-hydrogen) atoms. The summed E-state index contributed by atoms with van der Waals surface area (Å²) in [4.78, 5) is 15.6. The summed E-state index contributed by atoms with van der Waals surface area (Å²) >= 11 is 1.39. The van der Waals surface area contributed by atoms with Gasteiger partial charge in [-0.3, -0.25) is 14.2 Å². The van der Waals surface area contributed by atoms with E-state index in [1.54, 1.807) is 17.0 Å². The first-order chi connectivity index (χ1) is 18.0. The second-order valence-electron chi connectivity index (χ2n) is 9.27. The number of thioether (sulfide) groups is 1. The third kappa shape index (κ3) is 6.33. The van der Waals surface area contributed by atoms with Crippen LogP contribution in [0.2, 0.25) is 0 Å². The van der Waals surface area contributed by atoms with Crippen LogP contribution in [0.5, 0.6) is 0 Å². The van der Waals surface area contributed by atoms with Gasteiger partial charge in [0.2, 0.25) is 0 Å². The lowest BCUT2D eigenvalue weighted by Crippen LogP contribution is -2.36. The number of rotatable bonds is 8. The van der Waals surface area contributed by atoms with Gasteiger partial charge in [-0.1, -0.05) is 12.1 Å². The van der Waals surface area contributed by atoms with Gasteiger partial charge in [-0.2, -0.15) is 0 Å². The molecule has 3 aromatic rings. The fourth-order valence-electron chi connectivity index (χ4n) is 4.25. The average Bonchev–Trinajstić information content (AvgIpc) is 2.90. The van der Waals surface area contributed by atoms with E-state index >= 15 is 0 Å². The minimum atomic E-state index is -4.03. The molecule has 11 heteroatoms. The molecule has 1 heterocycles. The summed E-state index contributed by atoms with van der Waals surface area (Å²) in [5, 5.41) is 0. The Kier molecular flexibility index (Phi) is 8.39. The van der Waals surface area contributed by atoms with E-state index in [-0.39, 0.29) is 21.4 Å². The molecule has 1 amide bonds. The Morgan fingerprint density at radius 2 is 1.42 bits per heavy atom. The molecule has 2 N–H and O–H groups in total. The number of nitrogens with one attached hydrogen (secondary N) is 2. The van der Waals surface area contributed by atoms with Gasteiger partial charge in [-0.15, -0.1) is 11.8 Å². The highest BCUT2D eigenvalue weighted by atomic mass is 32.2. The number of hydrogen-bond donors (Lipinski definition) is 2. The van der Waals surface area contributed by atoms with Crippen molar-refractivity contribution in [3.8, 4) is 0 Å². The molecule has 202 valence electrons. The molecule has 0 bridgehead atoms. The molecule has 0 aromatic heterocycles. The maximum absolute atomic E-state index is 13.2. The number of benzene rings is 3. The zero-order valence-electron chi connectivity index (χ0n) is 21.5. The van der Waals surface area contributed by atoms with Gasteiger partial charge in [0, 0.05) is 23.7 Å². The van der Waals surface area contributed by atoms with Crippen molar-refractivity contribution in [3.05, 3.63) is 77.4 Å². The number of piperidine rings is 1. The standard InChI is InChI=1S/C27H31N3O5S3/c1-19-7-8-20(2)25(17-19)29-37(32,33)22-11-9-21(10-12-22)28-38(34,35)23-13-14-26(36-3)24(18-23)27(31)30-15-5-4-6-16-30/h7-14,17-18,28-29H,4-6,15-16H2,1-3H3. The van der Waals surface area contributed by atoms with Crippen molar-refractivity contribution >= 4 is 49.1 Å². The molecule has 0 unspecified atom stereocenters. The first kappa shape index (κ1) is 28.0. The lowest BCUT2D eigenvalue weighted by Gasteiger charge is -2.27. The van der Waals surface area contributed by atoms with Crippen LogP contribution in [0.4, 0.5) is 11.4 Å². The van der Waals surface area contributed by atoms with Crippen LogP contribution < -0.4 is 9.44 Å². The fourth-order valence-corrected chi connectivity index (χ4v) is 7.03. The number of sulfonamides is 2. The van der Waals surface area contributed by atoms with Crippen LogP contribution in [0.15, 0.2) is 75.4 Å². The van der Waals surface area contributed by atoms with Gasteiger partial charge in [0.15, 0.2) is 0 Å². The maximum atomic E-state index is 13.2. The topological polar surface area (TPSA) is 113 Å². The molecular weight excluding hydrogens is 543 g/mol.